The number of aryl methyl sites for hydroxylation is 1. The maximum atomic E-state index is 11.6. The van der Waals surface area contributed by atoms with Crippen molar-refractivity contribution in [3.05, 3.63) is 51.2 Å². The summed E-state index contributed by atoms with van der Waals surface area (Å²) in [7, 11) is 0. The summed E-state index contributed by atoms with van der Waals surface area (Å²) in [5.41, 5.74) is 2.51. The summed E-state index contributed by atoms with van der Waals surface area (Å²) in [5, 5.41) is 4.62. The molecule has 0 unspecified atom stereocenters. The monoisotopic (exact) mass is 324 g/mol. The number of hydrogen-bond acceptors (Lipinski definition) is 4. The van der Waals surface area contributed by atoms with Gasteiger partial charge in [-0.15, -0.1) is 23.1 Å². The zero-order valence-corrected chi connectivity index (χ0v) is 13.2. The third-order valence-electron chi connectivity index (χ3n) is 2.33. The fourth-order valence-electron chi connectivity index (χ4n) is 1.40. The van der Waals surface area contributed by atoms with Crippen LogP contribution in [0.1, 0.15) is 9.75 Å². The first-order valence-corrected chi connectivity index (χ1v) is 8.08. The van der Waals surface area contributed by atoms with Gasteiger partial charge in [0.15, 0.2) is 0 Å². The number of benzene rings is 1. The molecule has 20 heavy (non-hydrogen) atoms. The van der Waals surface area contributed by atoms with Gasteiger partial charge in [-0.25, -0.2) is 5.43 Å². The van der Waals surface area contributed by atoms with Crippen LogP contribution in [0.15, 0.2) is 46.4 Å². The van der Waals surface area contributed by atoms with E-state index >= 15 is 0 Å². The summed E-state index contributed by atoms with van der Waals surface area (Å²) >= 11 is 8.87. The van der Waals surface area contributed by atoms with Crippen LogP contribution in [-0.2, 0) is 4.79 Å². The molecular formula is C14H13ClN2OS2. The Morgan fingerprint density at radius 1 is 1.35 bits per heavy atom. The van der Waals surface area contributed by atoms with Gasteiger partial charge in [-0.3, -0.25) is 4.79 Å². The Labute approximate surface area is 131 Å². The summed E-state index contributed by atoms with van der Waals surface area (Å²) < 4.78 is 0. The van der Waals surface area contributed by atoms with E-state index in [1.165, 1.54) is 16.6 Å². The maximum Gasteiger partial charge on any atom is 0.250 e. The fourth-order valence-corrected chi connectivity index (χ4v) is 2.97. The molecule has 0 radical (unpaired) electrons. The van der Waals surface area contributed by atoms with Crippen LogP contribution in [0.5, 0.6) is 0 Å². The zero-order valence-electron chi connectivity index (χ0n) is 10.8. The molecule has 1 N–H and O–H groups in total. The van der Waals surface area contributed by atoms with Crippen LogP contribution >= 0.6 is 34.7 Å². The normalized spacial score (nSPS) is 10.9. The topological polar surface area (TPSA) is 41.5 Å². The first-order chi connectivity index (χ1) is 9.63. The molecule has 104 valence electrons. The van der Waals surface area contributed by atoms with Gasteiger partial charge in [0.25, 0.3) is 0 Å². The number of amides is 1. The van der Waals surface area contributed by atoms with Gasteiger partial charge < -0.3 is 0 Å². The van der Waals surface area contributed by atoms with Crippen molar-refractivity contribution < 1.29 is 4.79 Å². The lowest BCUT2D eigenvalue weighted by Gasteiger charge is -2.00. The Balaban J connectivity index is 1.75. The van der Waals surface area contributed by atoms with E-state index in [1.807, 2.05) is 31.2 Å². The number of halogens is 1. The third kappa shape index (κ3) is 5.00. The lowest BCUT2D eigenvalue weighted by molar-refractivity contribution is -0.118. The van der Waals surface area contributed by atoms with Gasteiger partial charge in [0.2, 0.25) is 5.91 Å². The molecular weight excluding hydrogens is 312 g/mol. The predicted molar refractivity (Wildman–Crippen MR) is 87.0 cm³/mol. The second-order valence-electron chi connectivity index (χ2n) is 3.98. The first-order valence-electron chi connectivity index (χ1n) is 5.90. The minimum absolute atomic E-state index is 0.130. The van der Waals surface area contributed by atoms with Gasteiger partial charge in [-0.1, -0.05) is 11.6 Å². The number of hydrazone groups is 1. The van der Waals surface area contributed by atoms with E-state index in [1.54, 1.807) is 29.7 Å². The molecule has 0 saturated carbocycles. The van der Waals surface area contributed by atoms with Crippen LogP contribution in [-0.4, -0.2) is 17.9 Å². The maximum absolute atomic E-state index is 11.6. The number of thioether (sulfide) groups is 1. The average molecular weight is 325 g/mol. The van der Waals surface area contributed by atoms with Gasteiger partial charge in [0.05, 0.1) is 12.0 Å². The van der Waals surface area contributed by atoms with Gasteiger partial charge in [0, 0.05) is 19.7 Å². The summed E-state index contributed by atoms with van der Waals surface area (Å²) in [4.78, 5) is 14.9. The van der Waals surface area contributed by atoms with Crippen LogP contribution in [0, 0.1) is 6.92 Å². The van der Waals surface area contributed by atoms with Crippen LogP contribution in [0.3, 0.4) is 0 Å². The Morgan fingerprint density at radius 3 is 2.75 bits per heavy atom. The van der Waals surface area contributed by atoms with Gasteiger partial charge in [0.1, 0.15) is 0 Å². The van der Waals surface area contributed by atoms with Crippen molar-refractivity contribution >= 4 is 46.8 Å². The molecule has 0 aliphatic heterocycles. The SMILES string of the molecule is Cc1ccc(/C=N/NC(=O)CSc2ccc(Cl)cc2)s1. The molecule has 1 aromatic carbocycles. The number of hydrogen-bond donors (Lipinski definition) is 1. The highest BCUT2D eigenvalue weighted by Gasteiger charge is 2.01. The largest absolute Gasteiger partial charge is 0.272 e. The van der Waals surface area contributed by atoms with E-state index < -0.39 is 0 Å². The minimum Gasteiger partial charge on any atom is -0.272 e. The molecule has 6 heteroatoms. The molecule has 3 nitrogen and oxygen atoms in total. The van der Waals surface area contributed by atoms with Crippen molar-refractivity contribution in [2.45, 2.75) is 11.8 Å². The number of thiophene rings is 1. The molecule has 0 aliphatic carbocycles. The standard InChI is InChI=1S/C14H13ClN2OS2/c1-10-2-5-13(20-10)8-16-17-14(18)9-19-12-6-3-11(15)4-7-12/h2-8H,9H2,1H3,(H,17,18)/b16-8+. The lowest BCUT2D eigenvalue weighted by atomic mass is 10.4. The quantitative estimate of drug-likeness (QED) is 0.514. The highest BCUT2D eigenvalue weighted by Crippen LogP contribution is 2.19. The minimum atomic E-state index is -0.130. The van der Waals surface area contributed by atoms with Crippen molar-refractivity contribution in [2.24, 2.45) is 5.10 Å². The summed E-state index contributed by atoms with van der Waals surface area (Å²) in [6, 6.07) is 11.4. The van der Waals surface area contributed by atoms with Crippen LogP contribution in [0.2, 0.25) is 5.02 Å². The number of nitrogens with one attached hydrogen (secondary N) is 1. The molecule has 1 heterocycles. The summed E-state index contributed by atoms with van der Waals surface area (Å²) in [5.74, 6) is 0.192. The first kappa shape index (κ1) is 15.1. The average Bonchev–Trinajstić information content (AvgIpc) is 2.84. The van der Waals surface area contributed by atoms with Crippen molar-refractivity contribution in [1.82, 2.24) is 5.43 Å². The summed E-state index contributed by atoms with van der Waals surface area (Å²) in [6.45, 7) is 2.03. The van der Waals surface area contributed by atoms with Crippen molar-refractivity contribution in [2.75, 3.05) is 5.75 Å². The van der Waals surface area contributed by atoms with Gasteiger partial charge >= 0.3 is 0 Å². The number of carbonyl (C=O) groups is 1. The molecule has 0 spiro atoms. The second-order valence-corrected chi connectivity index (χ2v) is 6.79. The number of rotatable bonds is 5. The van der Waals surface area contributed by atoms with E-state index in [9.17, 15) is 4.79 Å². The Hall–Kier alpha value is -1.30. The Bertz CT molecular complexity index is 608. The van der Waals surface area contributed by atoms with E-state index in [2.05, 4.69) is 10.5 Å². The zero-order chi connectivity index (χ0) is 14.4. The Kier molecular flexibility index (Phi) is 5.64. The predicted octanol–water partition coefficient (Wildman–Crippen LogP) is 3.95. The molecule has 1 amide bonds. The van der Waals surface area contributed by atoms with E-state index in [0.717, 1.165) is 9.77 Å². The Morgan fingerprint density at radius 2 is 2.10 bits per heavy atom. The molecule has 2 rings (SSSR count). The smallest absolute Gasteiger partial charge is 0.250 e. The molecule has 0 aliphatic rings. The molecule has 0 saturated heterocycles. The van der Waals surface area contributed by atoms with E-state index in [0.29, 0.717) is 10.8 Å². The van der Waals surface area contributed by atoms with Crippen molar-refractivity contribution in [3.63, 3.8) is 0 Å². The highest BCUT2D eigenvalue weighted by molar-refractivity contribution is 8.00. The van der Waals surface area contributed by atoms with E-state index in [-0.39, 0.29) is 5.91 Å². The second kappa shape index (κ2) is 7.47. The fraction of sp³-hybridized carbons (Fsp3) is 0.143. The van der Waals surface area contributed by atoms with Gasteiger partial charge in [-0.05, 0) is 43.3 Å². The number of nitrogens with zero attached hydrogens (tertiary/aromatic N) is 1. The highest BCUT2D eigenvalue weighted by atomic mass is 35.5. The van der Waals surface area contributed by atoms with E-state index in [4.69, 9.17) is 11.6 Å². The molecule has 1 aromatic heterocycles. The lowest BCUT2D eigenvalue weighted by Crippen LogP contribution is -2.19. The third-order valence-corrected chi connectivity index (χ3v) is 4.53. The van der Waals surface area contributed by atoms with Crippen LogP contribution < -0.4 is 5.43 Å². The molecule has 0 atom stereocenters. The van der Waals surface area contributed by atoms with Crippen LogP contribution in [0.25, 0.3) is 0 Å². The molecule has 0 bridgehead atoms. The summed E-state index contributed by atoms with van der Waals surface area (Å²) in [6.07, 6.45) is 1.66. The molecule has 0 fully saturated rings. The van der Waals surface area contributed by atoms with Crippen molar-refractivity contribution in [1.29, 1.82) is 0 Å². The number of carbonyl (C=O) groups excluding carboxylic acids is 1. The van der Waals surface area contributed by atoms with Crippen molar-refractivity contribution in [3.8, 4) is 0 Å². The molecule has 2 aromatic rings. The van der Waals surface area contributed by atoms with Crippen LogP contribution in [0.4, 0.5) is 0 Å². The van der Waals surface area contributed by atoms with Gasteiger partial charge in [-0.2, -0.15) is 5.10 Å².